The van der Waals surface area contributed by atoms with Crippen LogP contribution in [0.1, 0.15) is 39.0 Å². The average molecular weight is 533 g/mol. The highest BCUT2D eigenvalue weighted by atomic mass is 79.9. The number of rotatable bonds is 9. The number of hydrogen-bond acceptors (Lipinski definition) is 6. The standard InChI is InChI=1S/C14H12BrNO2.C14H13NO2/c15-8-14(17)13-7-6-12(9-16-13)18-10-11-4-2-1-3-5-11;1-11(16)14-8-7-13(9-15-14)17-10-12-5-3-2-4-6-12/h1-7,9H,8,10H2;2-9H,10H2,1H3. The third-order valence-corrected chi connectivity index (χ3v) is 5.25. The lowest BCUT2D eigenvalue weighted by Gasteiger charge is -2.06. The molecule has 178 valence electrons. The Hall–Kier alpha value is -3.84. The minimum absolute atomic E-state index is 0.0374. The number of nitrogens with zero attached hydrogens (tertiary/aromatic N) is 2. The third-order valence-electron chi connectivity index (χ3n) is 4.74. The number of ether oxygens (including phenoxy) is 2. The maximum absolute atomic E-state index is 11.4. The molecule has 2 aromatic heterocycles. The van der Waals surface area contributed by atoms with Crippen LogP contribution in [-0.2, 0) is 13.2 Å². The molecule has 0 saturated carbocycles. The molecular weight excluding hydrogens is 508 g/mol. The molecule has 0 N–H and O–H groups in total. The summed E-state index contributed by atoms with van der Waals surface area (Å²) in [7, 11) is 0. The third kappa shape index (κ3) is 8.79. The quantitative estimate of drug-likeness (QED) is 0.191. The number of benzene rings is 2. The van der Waals surface area contributed by atoms with Gasteiger partial charge in [-0.3, -0.25) is 9.59 Å². The summed E-state index contributed by atoms with van der Waals surface area (Å²) in [5, 5.41) is 0.282. The van der Waals surface area contributed by atoms with Gasteiger partial charge in [0.2, 0.25) is 0 Å². The zero-order chi connectivity index (χ0) is 24.9. The molecule has 0 bridgehead atoms. The van der Waals surface area contributed by atoms with Gasteiger partial charge in [-0.2, -0.15) is 0 Å². The summed E-state index contributed by atoms with van der Waals surface area (Å²) in [4.78, 5) is 30.5. The molecule has 0 atom stereocenters. The summed E-state index contributed by atoms with van der Waals surface area (Å²) in [5.74, 6) is 1.24. The monoisotopic (exact) mass is 532 g/mol. The Labute approximate surface area is 213 Å². The molecule has 35 heavy (non-hydrogen) atoms. The zero-order valence-electron chi connectivity index (χ0n) is 19.3. The van der Waals surface area contributed by atoms with Crippen LogP contribution in [0, 0.1) is 0 Å². The van der Waals surface area contributed by atoms with Gasteiger partial charge in [0, 0.05) is 6.92 Å². The van der Waals surface area contributed by atoms with Crippen molar-refractivity contribution in [1.82, 2.24) is 9.97 Å². The van der Waals surface area contributed by atoms with Crippen LogP contribution in [0.4, 0.5) is 0 Å². The molecule has 0 aliphatic rings. The number of halogens is 1. The van der Waals surface area contributed by atoms with Gasteiger partial charge in [0.05, 0.1) is 17.7 Å². The molecule has 0 spiro atoms. The molecule has 0 unspecified atom stereocenters. The lowest BCUT2D eigenvalue weighted by Crippen LogP contribution is -2.03. The number of pyridine rings is 2. The van der Waals surface area contributed by atoms with Crippen molar-refractivity contribution in [1.29, 1.82) is 0 Å². The Balaban J connectivity index is 0.000000196. The van der Waals surface area contributed by atoms with E-state index in [9.17, 15) is 9.59 Å². The van der Waals surface area contributed by atoms with Crippen molar-refractivity contribution < 1.29 is 19.1 Å². The lowest BCUT2D eigenvalue weighted by molar-refractivity contribution is 0.100. The zero-order valence-corrected chi connectivity index (χ0v) is 20.9. The first kappa shape index (κ1) is 25.8. The average Bonchev–Trinajstić information content (AvgIpc) is 2.92. The van der Waals surface area contributed by atoms with E-state index in [1.807, 2.05) is 60.7 Å². The van der Waals surface area contributed by atoms with Crippen molar-refractivity contribution in [3.63, 3.8) is 0 Å². The van der Waals surface area contributed by atoms with Gasteiger partial charge in [0.15, 0.2) is 11.6 Å². The minimum Gasteiger partial charge on any atom is -0.487 e. The van der Waals surface area contributed by atoms with E-state index in [2.05, 4.69) is 25.9 Å². The van der Waals surface area contributed by atoms with Crippen LogP contribution in [-0.4, -0.2) is 26.9 Å². The lowest BCUT2D eigenvalue weighted by atomic mass is 10.2. The molecule has 0 radical (unpaired) electrons. The number of ketones is 2. The number of carbonyl (C=O) groups excluding carboxylic acids is 2. The summed E-state index contributed by atoms with van der Waals surface area (Å²) in [6, 6.07) is 26.6. The summed E-state index contributed by atoms with van der Waals surface area (Å²) in [6.07, 6.45) is 3.14. The van der Waals surface area contributed by atoms with Crippen molar-refractivity contribution in [2.45, 2.75) is 20.1 Å². The van der Waals surface area contributed by atoms with Crippen LogP contribution in [0.5, 0.6) is 11.5 Å². The number of aromatic nitrogens is 2. The summed E-state index contributed by atoms with van der Waals surface area (Å²) in [5.41, 5.74) is 3.09. The van der Waals surface area contributed by atoms with Crippen LogP contribution in [0.3, 0.4) is 0 Å². The molecule has 6 nitrogen and oxygen atoms in total. The summed E-state index contributed by atoms with van der Waals surface area (Å²) in [6.45, 7) is 2.49. The van der Waals surface area contributed by atoms with Gasteiger partial charge < -0.3 is 9.47 Å². The Morgan fingerprint density at radius 3 is 1.51 bits per heavy atom. The molecule has 2 aromatic carbocycles. The predicted octanol–water partition coefficient (Wildman–Crippen LogP) is 6.10. The van der Waals surface area contributed by atoms with E-state index in [0.717, 1.165) is 11.1 Å². The highest BCUT2D eigenvalue weighted by Gasteiger charge is 2.05. The van der Waals surface area contributed by atoms with Gasteiger partial charge in [-0.1, -0.05) is 76.6 Å². The molecule has 4 aromatic rings. The van der Waals surface area contributed by atoms with E-state index in [1.54, 1.807) is 36.7 Å². The molecule has 2 heterocycles. The van der Waals surface area contributed by atoms with Crippen LogP contribution >= 0.6 is 15.9 Å². The number of alkyl halides is 1. The topological polar surface area (TPSA) is 78.4 Å². The molecule has 7 heteroatoms. The summed E-state index contributed by atoms with van der Waals surface area (Å²) >= 11 is 3.11. The fraction of sp³-hybridized carbons (Fsp3) is 0.143. The van der Waals surface area contributed by atoms with E-state index in [-0.39, 0.29) is 16.9 Å². The molecule has 0 amide bonds. The SMILES string of the molecule is CC(=O)c1ccc(OCc2ccccc2)cn1.O=C(CBr)c1ccc(OCc2ccccc2)cn1. The molecular formula is C28H25BrN2O4. The highest BCUT2D eigenvalue weighted by molar-refractivity contribution is 9.09. The van der Waals surface area contributed by atoms with Crippen LogP contribution in [0.15, 0.2) is 97.3 Å². The van der Waals surface area contributed by atoms with Crippen molar-refractivity contribution >= 4 is 27.5 Å². The maximum Gasteiger partial charge on any atom is 0.191 e. The largest absolute Gasteiger partial charge is 0.487 e. The smallest absolute Gasteiger partial charge is 0.191 e. The molecule has 0 saturated heterocycles. The van der Waals surface area contributed by atoms with Gasteiger partial charge in [-0.05, 0) is 35.4 Å². The first-order valence-corrected chi connectivity index (χ1v) is 12.0. The minimum atomic E-state index is -0.0420. The van der Waals surface area contributed by atoms with Gasteiger partial charge in [-0.15, -0.1) is 0 Å². The van der Waals surface area contributed by atoms with Gasteiger partial charge in [-0.25, -0.2) is 9.97 Å². The van der Waals surface area contributed by atoms with Crippen LogP contribution < -0.4 is 9.47 Å². The van der Waals surface area contributed by atoms with Gasteiger partial charge in [0.1, 0.15) is 36.1 Å². The van der Waals surface area contributed by atoms with Gasteiger partial charge >= 0.3 is 0 Å². The first-order chi connectivity index (χ1) is 17.0. The molecule has 4 rings (SSSR count). The fourth-order valence-corrected chi connectivity index (χ4v) is 3.14. The molecule has 0 fully saturated rings. The molecule has 0 aliphatic carbocycles. The maximum atomic E-state index is 11.4. The predicted molar refractivity (Wildman–Crippen MR) is 138 cm³/mol. The first-order valence-electron chi connectivity index (χ1n) is 10.9. The van der Waals surface area contributed by atoms with Crippen molar-refractivity contribution in [3.8, 4) is 11.5 Å². The van der Waals surface area contributed by atoms with E-state index >= 15 is 0 Å². The van der Waals surface area contributed by atoms with E-state index in [0.29, 0.717) is 36.1 Å². The highest BCUT2D eigenvalue weighted by Crippen LogP contribution is 2.13. The second-order valence-corrected chi connectivity index (χ2v) is 7.98. The Morgan fingerprint density at radius 1 is 0.686 bits per heavy atom. The second kappa shape index (κ2) is 13.8. The Morgan fingerprint density at radius 2 is 1.14 bits per heavy atom. The normalized spacial score (nSPS) is 10.0. The van der Waals surface area contributed by atoms with E-state index in [4.69, 9.17) is 9.47 Å². The van der Waals surface area contributed by atoms with E-state index in [1.165, 1.54) is 6.92 Å². The van der Waals surface area contributed by atoms with Gasteiger partial charge in [0.25, 0.3) is 0 Å². The molecule has 0 aliphatic heterocycles. The van der Waals surface area contributed by atoms with Crippen molar-refractivity contribution in [3.05, 3.63) is 120 Å². The number of hydrogen-bond donors (Lipinski definition) is 0. The number of carbonyl (C=O) groups is 2. The van der Waals surface area contributed by atoms with E-state index < -0.39 is 0 Å². The number of Topliss-reactive ketones (excluding diaryl/α,β-unsaturated/α-hetero) is 2. The van der Waals surface area contributed by atoms with Crippen molar-refractivity contribution in [2.24, 2.45) is 0 Å². The second-order valence-electron chi connectivity index (χ2n) is 7.42. The summed E-state index contributed by atoms with van der Waals surface area (Å²) < 4.78 is 11.1. The Kier molecular flexibility index (Phi) is 10.1. The van der Waals surface area contributed by atoms with Crippen LogP contribution in [0.25, 0.3) is 0 Å². The fourth-order valence-electron chi connectivity index (χ4n) is 2.85. The Bertz CT molecular complexity index is 1200. The van der Waals surface area contributed by atoms with Crippen LogP contribution in [0.2, 0.25) is 0 Å². The van der Waals surface area contributed by atoms with Crippen molar-refractivity contribution in [2.75, 3.05) is 5.33 Å².